The summed E-state index contributed by atoms with van der Waals surface area (Å²) in [7, 11) is 1.44. The second kappa shape index (κ2) is 10.8. The maximum Gasteiger partial charge on any atom is 0.387 e. The Hall–Kier alpha value is -3.36. The largest absolute Gasteiger partial charge is 0.493 e. The standard InChI is InChI=1S/C20H21F2NO6/c1-3-10-27-16-9-8-13(11-17(16)26-2)19(25)28-12-18(24)23-14-6-4-5-7-15(14)29-20(21)22/h4-9,11,20H,3,10,12H2,1-2H3,(H,23,24). The van der Waals surface area contributed by atoms with Crippen LogP contribution in [0.4, 0.5) is 14.5 Å². The molecule has 0 saturated heterocycles. The average Bonchev–Trinajstić information content (AvgIpc) is 2.71. The number of hydrogen-bond acceptors (Lipinski definition) is 6. The van der Waals surface area contributed by atoms with Crippen LogP contribution in [0.15, 0.2) is 42.5 Å². The Morgan fingerprint density at radius 3 is 2.52 bits per heavy atom. The molecule has 0 unspecified atom stereocenters. The van der Waals surface area contributed by atoms with Gasteiger partial charge in [0.05, 0.1) is 25.0 Å². The van der Waals surface area contributed by atoms with Crippen LogP contribution < -0.4 is 19.5 Å². The first-order valence-corrected chi connectivity index (χ1v) is 8.76. The summed E-state index contributed by atoms with van der Waals surface area (Å²) in [5.74, 6) is -0.819. The Labute approximate surface area is 166 Å². The van der Waals surface area contributed by atoms with Gasteiger partial charge in [-0.05, 0) is 36.8 Å². The minimum Gasteiger partial charge on any atom is -0.493 e. The van der Waals surface area contributed by atoms with Gasteiger partial charge in [-0.25, -0.2) is 4.79 Å². The van der Waals surface area contributed by atoms with Gasteiger partial charge in [0.1, 0.15) is 5.75 Å². The zero-order valence-electron chi connectivity index (χ0n) is 15.9. The lowest BCUT2D eigenvalue weighted by Crippen LogP contribution is -2.21. The van der Waals surface area contributed by atoms with E-state index in [0.717, 1.165) is 6.42 Å². The van der Waals surface area contributed by atoms with Gasteiger partial charge in [0.25, 0.3) is 5.91 Å². The molecular formula is C20H21F2NO6. The van der Waals surface area contributed by atoms with Crippen molar-refractivity contribution in [2.75, 3.05) is 25.6 Å². The molecule has 0 atom stereocenters. The minimum atomic E-state index is -3.04. The van der Waals surface area contributed by atoms with Gasteiger partial charge in [0.2, 0.25) is 0 Å². The van der Waals surface area contributed by atoms with E-state index in [9.17, 15) is 18.4 Å². The van der Waals surface area contributed by atoms with Crippen molar-refractivity contribution < 1.29 is 37.3 Å². The van der Waals surface area contributed by atoms with Crippen molar-refractivity contribution in [3.8, 4) is 17.2 Å². The molecule has 0 bridgehead atoms. The second-order valence-electron chi connectivity index (χ2n) is 5.71. The van der Waals surface area contributed by atoms with Gasteiger partial charge in [-0.3, -0.25) is 4.79 Å². The summed E-state index contributed by atoms with van der Waals surface area (Å²) in [4.78, 5) is 24.2. The van der Waals surface area contributed by atoms with Crippen LogP contribution >= 0.6 is 0 Å². The molecule has 0 saturated carbocycles. The van der Waals surface area contributed by atoms with E-state index >= 15 is 0 Å². The van der Waals surface area contributed by atoms with E-state index in [1.54, 1.807) is 6.07 Å². The van der Waals surface area contributed by atoms with Gasteiger partial charge >= 0.3 is 12.6 Å². The van der Waals surface area contributed by atoms with E-state index < -0.39 is 25.1 Å². The number of anilines is 1. The van der Waals surface area contributed by atoms with Crippen molar-refractivity contribution in [3.05, 3.63) is 48.0 Å². The van der Waals surface area contributed by atoms with E-state index in [0.29, 0.717) is 18.1 Å². The van der Waals surface area contributed by atoms with Crippen molar-refractivity contribution in [1.82, 2.24) is 0 Å². The third kappa shape index (κ3) is 6.63. The molecule has 9 heteroatoms. The fourth-order valence-electron chi connectivity index (χ4n) is 2.30. The number of hydrogen-bond donors (Lipinski definition) is 1. The summed E-state index contributed by atoms with van der Waals surface area (Å²) in [6, 6.07) is 10.2. The van der Waals surface area contributed by atoms with Crippen LogP contribution in [0.1, 0.15) is 23.7 Å². The van der Waals surface area contributed by atoms with E-state index in [4.69, 9.17) is 14.2 Å². The monoisotopic (exact) mass is 409 g/mol. The van der Waals surface area contributed by atoms with E-state index in [1.165, 1.54) is 43.5 Å². The Bertz CT molecular complexity index is 843. The lowest BCUT2D eigenvalue weighted by Gasteiger charge is -2.13. The molecule has 0 heterocycles. The van der Waals surface area contributed by atoms with Crippen molar-refractivity contribution in [3.63, 3.8) is 0 Å². The van der Waals surface area contributed by atoms with Crippen molar-refractivity contribution in [2.45, 2.75) is 20.0 Å². The molecule has 2 aromatic carbocycles. The third-order valence-electron chi connectivity index (χ3n) is 3.57. The zero-order valence-corrected chi connectivity index (χ0v) is 15.9. The highest BCUT2D eigenvalue weighted by Crippen LogP contribution is 2.28. The summed E-state index contributed by atoms with van der Waals surface area (Å²) in [5, 5.41) is 2.36. The molecule has 0 aliphatic rings. The molecule has 2 rings (SSSR count). The van der Waals surface area contributed by atoms with E-state index in [1.807, 2.05) is 6.92 Å². The highest BCUT2D eigenvalue weighted by Gasteiger charge is 2.16. The van der Waals surface area contributed by atoms with Gasteiger partial charge in [0.15, 0.2) is 18.1 Å². The second-order valence-corrected chi connectivity index (χ2v) is 5.71. The van der Waals surface area contributed by atoms with Crippen LogP contribution in [0.5, 0.6) is 17.2 Å². The topological polar surface area (TPSA) is 83.1 Å². The molecule has 0 aromatic heterocycles. The number of esters is 1. The number of nitrogens with one attached hydrogen (secondary N) is 1. The van der Waals surface area contributed by atoms with Crippen molar-refractivity contribution in [1.29, 1.82) is 0 Å². The molecule has 7 nitrogen and oxygen atoms in total. The van der Waals surface area contributed by atoms with Gasteiger partial charge in [-0.2, -0.15) is 8.78 Å². The summed E-state index contributed by atoms with van der Waals surface area (Å²) < 4.78 is 44.8. The Balaban J connectivity index is 1.96. The number of carbonyl (C=O) groups is 2. The lowest BCUT2D eigenvalue weighted by molar-refractivity contribution is -0.119. The Kier molecular flexibility index (Phi) is 8.20. The number of benzene rings is 2. The molecule has 156 valence electrons. The van der Waals surface area contributed by atoms with Gasteiger partial charge in [0, 0.05) is 0 Å². The number of methoxy groups -OCH3 is 1. The Morgan fingerprint density at radius 1 is 1.07 bits per heavy atom. The Morgan fingerprint density at radius 2 is 1.83 bits per heavy atom. The molecule has 0 radical (unpaired) electrons. The molecule has 29 heavy (non-hydrogen) atoms. The van der Waals surface area contributed by atoms with Gasteiger partial charge in [-0.15, -0.1) is 0 Å². The maximum atomic E-state index is 12.4. The quantitative estimate of drug-likeness (QED) is 0.600. The molecule has 0 aliphatic heterocycles. The first kappa shape index (κ1) is 21.9. The van der Waals surface area contributed by atoms with Crippen LogP contribution in [0.3, 0.4) is 0 Å². The summed E-state index contributed by atoms with van der Waals surface area (Å²) in [6.45, 7) is -1.19. The highest BCUT2D eigenvalue weighted by atomic mass is 19.3. The number of ether oxygens (including phenoxy) is 4. The molecule has 0 fully saturated rings. The van der Waals surface area contributed by atoms with E-state index in [-0.39, 0.29) is 17.0 Å². The summed E-state index contributed by atoms with van der Waals surface area (Å²) in [5.41, 5.74) is 0.202. The van der Waals surface area contributed by atoms with Crippen LogP contribution in [-0.2, 0) is 9.53 Å². The average molecular weight is 409 g/mol. The van der Waals surface area contributed by atoms with E-state index in [2.05, 4.69) is 10.1 Å². The molecule has 1 N–H and O–H groups in total. The van der Waals surface area contributed by atoms with Crippen LogP contribution in [-0.4, -0.2) is 38.8 Å². The highest BCUT2D eigenvalue weighted by molar-refractivity contribution is 5.96. The first-order chi connectivity index (χ1) is 13.9. The van der Waals surface area contributed by atoms with Crippen LogP contribution in [0.25, 0.3) is 0 Å². The number of carbonyl (C=O) groups excluding carboxylic acids is 2. The zero-order chi connectivity index (χ0) is 21.2. The first-order valence-electron chi connectivity index (χ1n) is 8.76. The normalized spacial score (nSPS) is 10.4. The van der Waals surface area contributed by atoms with Gasteiger partial charge in [-0.1, -0.05) is 19.1 Å². The predicted molar refractivity (Wildman–Crippen MR) is 101 cm³/mol. The number of rotatable bonds is 10. The summed E-state index contributed by atoms with van der Waals surface area (Å²) >= 11 is 0. The number of halogens is 2. The smallest absolute Gasteiger partial charge is 0.387 e. The van der Waals surface area contributed by atoms with Crippen molar-refractivity contribution in [2.24, 2.45) is 0 Å². The SMILES string of the molecule is CCCOc1ccc(C(=O)OCC(=O)Nc2ccccc2OC(F)F)cc1OC. The minimum absolute atomic E-state index is 0.0351. The predicted octanol–water partition coefficient (Wildman–Crippen LogP) is 3.88. The molecule has 1 amide bonds. The molecule has 0 spiro atoms. The molecular weight excluding hydrogens is 388 g/mol. The fourth-order valence-corrected chi connectivity index (χ4v) is 2.30. The number of amides is 1. The van der Waals surface area contributed by atoms with Crippen LogP contribution in [0.2, 0.25) is 0 Å². The number of para-hydroxylation sites is 2. The van der Waals surface area contributed by atoms with Crippen LogP contribution in [0, 0.1) is 0 Å². The number of alkyl halides is 2. The third-order valence-corrected chi connectivity index (χ3v) is 3.57. The van der Waals surface area contributed by atoms with Crippen molar-refractivity contribution >= 4 is 17.6 Å². The molecule has 0 aliphatic carbocycles. The fraction of sp³-hybridized carbons (Fsp3) is 0.300. The maximum absolute atomic E-state index is 12.4. The molecule has 2 aromatic rings. The lowest BCUT2D eigenvalue weighted by atomic mass is 10.2. The summed E-state index contributed by atoms with van der Waals surface area (Å²) in [6.07, 6.45) is 0.813. The van der Waals surface area contributed by atoms with Gasteiger partial charge < -0.3 is 24.3 Å².